The third-order valence-electron chi connectivity index (χ3n) is 7.76. The molecule has 230 valence electrons. The highest BCUT2D eigenvalue weighted by molar-refractivity contribution is 6.15. The molecule has 3 heterocycles. The lowest BCUT2D eigenvalue weighted by molar-refractivity contribution is 0.0425. The van der Waals surface area contributed by atoms with E-state index >= 15 is 0 Å². The van der Waals surface area contributed by atoms with E-state index in [0.717, 1.165) is 16.7 Å². The predicted molar refractivity (Wildman–Crippen MR) is 171 cm³/mol. The number of fused-ring (bicyclic) bond motifs is 2. The third-order valence-corrected chi connectivity index (χ3v) is 7.76. The number of cyclic esters (lactones) is 4. The van der Waals surface area contributed by atoms with Crippen molar-refractivity contribution in [3.8, 4) is 56.9 Å². The number of hydrogen-bond acceptors (Lipinski definition) is 10. The van der Waals surface area contributed by atoms with Gasteiger partial charge < -0.3 is 18.9 Å². The first-order valence-corrected chi connectivity index (χ1v) is 14.7. The molecule has 10 nitrogen and oxygen atoms in total. The fourth-order valence-electron chi connectivity index (χ4n) is 5.37. The minimum atomic E-state index is -0.696. The van der Waals surface area contributed by atoms with Crippen LogP contribution in [0.25, 0.3) is 33.9 Å². The lowest BCUT2D eigenvalue weighted by Crippen LogP contribution is -1.97. The van der Waals surface area contributed by atoms with Crippen LogP contribution < -0.4 is 9.47 Å². The van der Waals surface area contributed by atoms with Crippen LogP contribution in [-0.4, -0.2) is 33.8 Å². The summed E-state index contributed by atoms with van der Waals surface area (Å²) in [6, 6.07) is 35.4. The van der Waals surface area contributed by atoms with Crippen molar-refractivity contribution >= 4 is 23.9 Å². The summed E-state index contributed by atoms with van der Waals surface area (Å²) >= 11 is 0. The predicted octanol–water partition coefficient (Wildman–Crippen LogP) is 7.68. The zero-order valence-corrected chi connectivity index (χ0v) is 24.7. The molecule has 0 aliphatic carbocycles. The highest BCUT2D eigenvalue weighted by Crippen LogP contribution is 2.33. The SMILES string of the molecule is O=C1OC(=O)c2cc(Oc3ccc(-c4cc(-c5ccc(Oc6ccc7c(c6)C(=O)OC7=O)cc5)nc(-c5ccccc5)n4)cc3)ccc21. The molecular weight excluding hydrogens is 612 g/mol. The summed E-state index contributed by atoms with van der Waals surface area (Å²) in [5, 5.41) is 0. The van der Waals surface area contributed by atoms with Gasteiger partial charge >= 0.3 is 23.9 Å². The number of ether oxygens (including phenoxy) is 4. The van der Waals surface area contributed by atoms with Crippen LogP contribution in [0.1, 0.15) is 41.4 Å². The van der Waals surface area contributed by atoms with E-state index in [9.17, 15) is 19.2 Å². The van der Waals surface area contributed by atoms with Gasteiger partial charge in [0.05, 0.1) is 33.6 Å². The molecule has 6 aromatic rings. The molecule has 48 heavy (non-hydrogen) atoms. The normalized spacial score (nSPS) is 13.1. The van der Waals surface area contributed by atoms with Gasteiger partial charge in [0.15, 0.2) is 5.82 Å². The number of rotatable bonds is 7. The number of benzene rings is 5. The van der Waals surface area contributed by atoms with E-state index in [2.05, 4.69) is 9.47 Å². The van der Waals surface area contributed by atoms with Gasteiger partial charge in [-0.15, -0.1) is 0 Å². The highest BCUT2D eigenvalue weighted by atomic mass is 16.6. The molecule has 0 N–H and O–H groups in total. The standard InChI is InChI=1S/C38H20N2O8/c41-35-28-16-14-26(18-30(28)37(43)47-35)45-24-10-6-21(7-11-24)32-20-33(40-34(39-32)23-4-2-1-3-5-23)22-8-12-25(13-9-22)46-27-15-17-29-31(19-27)38(44)48-36(29)42/h1-20H. The Labute approximate surface area is 272 Å². The molecule has 2 aliphatic heterocycles. The number of carbonyl (C=O) groups excluding carboxylic acids is 4. The quantitative estimate of drug-likeness (QED) is 0.128. The molecule has 8 rings (SSSR count). The second-order valence-corrected chi connectivity index (χ2v) is 10.8. The summed E-state index contributed by atoms with van der Waals surface area (Å²) in [6.07, 6.45) is 0. The minimum absolute atomic E-state index is 0.170. The summed E-state index contributed by atoms with van der Waals surface area (Å²) in [4.78, 5) is 57.1. The van der Waals surface area contributed by atoms with E-state index < -0.39 is 23.9 Å². The van der Waals surface area contributed by atoms with Crippen molar-refractivity contribution in [3.63, 3.8) is 0 Å². The van der Waals surface area contributed by atoms with Crippen molar-refractivity contribution in [2.75, 3.05) is 0 Å². The molecule has 5 aromatic carbocycles. The van der Waals surface area contributed by atoms with Crippen LogP contribution in [-0.2, 0) is 9.47 Å². The molecule has 0 radical (unpaired) electrons. The Morgan fingerprint density at radius 1 is 0.396 bits per heavy atom. The van der Waals surface area contributed by atoms with Crippen LogP contribution in [0.5, 0.6) is 23.0 Å². The fourth-order valence-corrected chi connectivity index (χ4v) is 5.37. The molecule has 10 heteroatoms. The van der Waals surface area contributed by atoms with Crippen LogP contribution in [0.15, 0.2) is 121 Å². The third kappa shape index (κ3) is 5.33. The Morgan fingerprint density at radius 3 is 1.27 bits per heavy atom. The summed E-state index contributed by atoms with van der Waals surface area (Å²) < 4.78 is 21.2. The average Bonchev–Trinajstić information content (AvgIpc) is 3.57. The monoisotopic (exact) mass is 632 g/mol. The molecule has 0 saturated carbocycles. The van der Waals surface area contributed by atoms with Crippen molar-refractivity contribution in [3.05, 3.63) is 144 Å². The summed E-state index contributed by atoms with van der Waals surface area (Å²) in [6.45, 7) is 0. The van der Waals surface area contributed by atoms with Gasteiger partial charge in [0, 0.05) is 16.7 Å². The Kier molecular flexibility index (Phi) is 6.81. The molecule has 0 atom stereocenters. The largest absolute Gasteiger partial charge is 0.457 e. The van der Waals surface area contributed by atoms with Crippen molar-refractivity contribution in [2.24, 2.45) is 0 Å². The van der Waals surface area contributed by atoms with E-state index in [-0.39, 0.29) is 22.3 Å². The minimum Gasteiger partial charge on any atom is -0.457 e. The molecule has 1 aromatic heterocycles. The van der Waals surface area contributed by atoms with Crippen molar-refractivity contribution in [1.82, 2.24) is 9.97 Å². The molecule has 0 fully saturated rings. The van der Waals surface area contributed by atoms with E-state index in [1.54, 1.807) is 36.4 Å². The number of hydrogen-bond donors (Lipinski definition) is 0. The van der Waals surface area contributed by atoms with Gasteiger partial charge in [-0.2, -0.15) is 0 Å². The van der Waals surface area contributed by atoms with Crippen LogP contribution in [0.2, 0.25) is 0 Å². The number of aromatic nitrogens is 2. The van der Waals surface area contributed by atoms with E-state index in [1.807, 2.05) is 60.7 Å². The van der Waals surface area contributed by atoms with Gasteiger partial charge in [-0.1, -0.05) is 30.3 Å². The molecule has 0 bridgehead atoms. The van der Waals surface area contributed by atoms with Crippen LogP contribution in [0, 0.1) is 0 Å². The average molecular weight is 633 g/mol. The number of carbonyl (C=O) groups is 4. The highest BCUT2D eigenvalue weighted by Gasteiger charge is 2.31. The second-order valence-electron chi connectivity index (χ2n) is 10.8. The number of esters is 4. The van der Waals surface area contributed by atoms with Gasteiger partial charge in [0.2, 0.25) is 0 Å². The van der Waals surface area contributed by atoms with Crippen molar-refractivity contribution < 1.29 is 38.1 Å². The van der Waals surface area contributed by atoms with Crippen molar-refractivity contribution in [1.29, 1.82) is 0 Å². The first kappa shape index (κ1) is 28.5. The van der Waals surface area contributed by atoms with Gasteiger partial charge in [0.25, 0.3) is 0 Å². The van der Waals surface area contributed by atoms with Crippen LogP contribution in [0.4, 0.5) is 0 Å². The molecule has 0 saturated heterocycles. The summed E-state index contributed by atoms with van der Waals surface area (Å²) in [5.74, 6) is -0.349. The van der Waals surface area contributed by atoms with E-state index in [4.69, 9.17) is 19.4 Å². The van der Waals surface area contributed by atoms with Gasteiger partial charge in [-0.25, -0.2) is 29.1 Å². The fraction of sp³-hybridized carbons (Fsp3) is 0. The molecule has 0 spiro atoms. The molecule has 2 aliphatic rings. The molecular formula is C38H20N2O8. The molecule has 0 amide bonds. The Balaban J connectivity index is 1.07. The van der Waals surface area contributed by atoms with Crippen LogP contribution in [0.3, 0.4) is 0 Å². The number of nitrogens with zero attached hydrogens (tertiary/aromatic N) is 2. The van der Waals surface area contributed by atoms with Crippen molar-refractivity contribution in [2.45, 2.75) is 0 Å². The van der Waals surface area contributed by atoms with Gasteiger partial charge in [-0.3, -0.25) is 0 Å². The van der Waals surface area contributed by atoms with E-state index in [0.29, 0.717) is 40.2 Å². The second kappa shape index (κ2) is 11.5. The topological polar surface area (TPSA) is 131 Å². The first-order chi connectivity index (χ1) is 23.4. The smallest absolute Gasteiger partial charge is 0.347 e. The Morgan fingerprint density at radius 2 is 0.812 bits per heavy atom. The van der Waals surface area contributed by atoms with Gasteiger partial charge in [-0.05, 0) is 91.0 Å². The zero-order valence-electron chi connectivity index (χ0n) is 24.7. The summed E-state index contributed by atoms with van der Waals surface area (Å²) in [7, 11) is 0. The zero-order chi connectivity index (χ0) is 32.8. The Hall–Kier alpha value is -6.94. The van der Waals surface area contributed by atoms with Gasteiger partial charge in [0.1, 0.15) is 23.0 Å². The summed E-state index contributed by atoms with van der Waals surface area (Å²) in [5.41, 5.74) is 4.62. The van der Waals surface area contributed by atoms with E-state index in [1.165, 1.54) is 24.3 Å². The Bertz CT molecular complexity index is 2160. The maximum absolute atomic E-state index is 11.9. The lowest BCUT2D eigenvalue weighted by atomic mass is 10.1. The first-order valence-electron chi connectivity index (χ1n) is 14.7. The molecule has 0 unspecified atom stereocenters. The maximum atomic E-state index is 11.9. The maximum Gasteiger partial charge on any atom is 0.347 e. The lowest BCUT2D eigenvalue weighted by Gasteiger charge is -2.11. The van der Waals surface area contributed by atoms with Crippen LogP contribution >= 0.6 is 0 Å².